The van der Waals surface area contributed by atoms with E-state index in [1.54, 1.807) is 26.0 Å². The average Bonchev–Trinajstić information content (AvgIpc) is 3.81. The molecule has 7 rings (SSSR count). The van der Waals surface area contributed by atoms with Crippen molar-refractivity contribution in [3.05, 3.63) is 24.3 Å². The average molecular weight is 563 g/mol. The van der Waals surface area contributed by atoms with Crippen molar-refractivity contribution in [2.75, 3.05) is 19.8 Å². The van der Waals surface area contributed by atoms with E-state index < -0.39 is 64.5 Å². The van der Waals surface area contributed by atoms with Crippen LogP contribution in [0.15, 0.2) is 24.3 Å². The molecular weight excluding hydrogens is 524 g/mol. The number of esters is 2. The van der Waals surface area contributed by atoms with Gasteiger partial charge in [0.15, 0.2) is 6.10 Å². The summed E-state index contributed by atoms with van der Waals surface area (Å²) < 4.78 is 42.6. The van der Waals surface area contributed by atoms with Crippen molar-refractivity contribution in [2.24, 2.45) is 10.8 Å². The molecule has 0 aromatic heterocycles. The van der Waals surface area contributed by atoms with Crippen molar-refractivity contribution in [3.8, 4) is 0 Å². The molecule has 2 N–H and O–H groups in total. The zero-order valence-corrected chi connectivity index (χ0v) is 23.2. The van der Waals surface area contributed by atoms with Crippen LogP contribution in [-0.2, 0) is 42.7 Å². The summed E-state index contributed by atoms with van der Waals surface area (Å²) in [4.78, 5) is 26.4. The van der Waals surface area contributed by atoms with E-state index in [1.807, 2.05) is 0 Å². The molecule has 0 amide bonds. The molecule has 2 saturated carbocycles. The number of cyclic esters (lactones) is 1. The van der Waals surface area contributed by atoms with Crippen LogP contribution in [-0.4, -0.2) is 108 Å². The molecule has 2 spiro atoms. The van der Waals surface area contributed by atoms with E-state index in [1.165, 1.54) is 12.2 Å². The number of rotatable bonds is 1. The Morgan fingerprint density at radius 3 is 2.52 bits per heavy atom. The zero-order valence-electron chi connectivity index (χ0n) is 23.2. The molecule has 4 saturated heterocycles. The van der Waals surface area contributed by atoms with Crippen LogP contribution in [0.3, 0.4) is 0 Å². The highest BCUT2D eigenvalue weighted by atomic mass is 16.7. The molecule has 5 heterocycles. The molecule has 13 atom stereocenters. The Hall–Kier alpha value is -1.86. The molecule has 3 unspecified atom stereocenters. The van der Waals surface area contributed by atoms with Crippen LogP contribution in [0.4, 0.5) is 0 Å². The largest absolute Gasteiger partial charge is 0.463 e. The Morgan fingerprint density at radius 1 is 1.02 bits per heavy atom. The van der Waals surface area contributed by atoms with Crippen LogP contribution in [0, 0.1) is 10.8 Å². The van der Waals surface area contributed by atoms with Crippen molar-refractivity contribution >= 4 is 11.9 Å². The van der Waals surface area contributed by atoms with E-state index in [4.69, 9.17) is 33.2 Å². The molecule has 40 heavy (non-hydrogen) atoms. The molecule has 7 aliphatic rings. The second-order valence-corrected chi connectivity index (χ2v) is 13.2. The fourth-order valence-electron chi connectivity index (χ4n) is 8.09. The van der Waals surface area contributed by atoms with Crippen LogP contribution in [0.25, 0.3) is 0 Å². The van der Waals surface area contributed by atoms with Gasteiger partial charge in [-0.05, 0) is 33.6 Å². The van der Waals surface area contributed by atoms with E-state index in [0.29, 0.717) is 19.4 Å². The third kappa shape index (κ3) is 3.55. The standard InChI is InChI=1S/C29H38O11/c1-15(30)16-7-5-6-8-20(32)37-18-11-19-29(14-36-29)27(18,4)28(10-9-25(2)21(39-25)22(28)38-19)13-35-24(33)23-26(3,40-23)17(31)12-34-16/h5-8,15-19,21-23,30-31H,9-14H2,1-4H3/b7-5?,8-6+/t15-,16-,17-,18-,19-,21-,22-,23-,25+,26?,27?,28?,29-/m0/s1. The summed E-state index contributed by atoms with van der Waals surface area (Å²) in [5, 5.41) is 20.9. The number of ether oxygens (including phenoxy) is 7. The summed E-state index contributed by atoms with van der Waals surface area (Å²) in [5.74, 6) is -1.10. The van der Waals surface area contributed by atoms with Gasteiger partial charge in [0.1, 0.15) is 42.2 Å². The molecule has 0 aromatic rings. The lowest BCUT2D eigenvalue weighted by Crippen LogP contribution is -2.69. The number of allylic oxidation sites excluding steroid dienone is 2. The van der Waals surface area contributed by atoms with Gasteiger partial charge >= 0.3 is 11.9 Å². The van der Waals surface area contributed by atoms with Crippen LogP contribution in [0.2, 0.25) is 0 Å². The van der Waals surface area contributed by atoms with Crippen molar-refractivity contribution < 1.29 is 53.0 Å². The lowest BCUT2D eigenvalue weighted by Gasteiger charge is -2.58. The third-order valence-electron chi connectivity index (χ3n) is 11.1. The summed E-state index contributed by atoms with van der Waals surface area (Å²) in [6, 6.07) is 0. The molecule has 220 valence electrons. The molecule has 2 bridgehead atoms. The summed E-state index contributed by atoms with van der Waals surface area (Å²) in [6.07, 6.45) is 2.83. The molecule has 0 radical (unpaired) electrons. The van der Waals surface area contributed by atoms with Crippen molar-refractivity contribution in [2.45, 2.75) is 113 Å². The maximum absolute atomic E-state index is 13.4. The Morgan fingerprint density at radius 2 is 1.80 bits per heavy atom. The minimum absolute atomic E-state index is 0.0139. The number of aliphatic hydroxyl groups is 2. The first-order chi connectivity index (χ1) is 18.9. The van der Waals surface area contributed by atoms with Crippen LogP contribution >= 0.6 is 0 Å². The molecule has 2 aliphatic carbocycles. The number of fused-ring (bicyclic) bond motifs is 3. The Balaban J connectivity index is 1.25. The van der Waals surface area contributed by atoms with Crippen LogP contribution in [0.5, 0.6) is 0 Å². The Labute approximate surface area is 232 Å². The fourth-order valence-corrected chi connectivity index (χ4v) is 8.09. The number of hydrogen-bond donors (Lipinski definition) is 2. The smallest absolute Gasteiger partial charge is 0.338 e. The van der Waals surface area contributed by atoms with Crippen LogP contribution < -0.4 is 0 Å². The lowest BCUT2D eigenvalue weighted by atomic mass is 9.50. The highest BCUT2D eigenvalue weighted by Gasteiger charge is 2.86. The minimum atomic E-state index is -1.18. The van der Waals surface area contributed by atoms with Gasteiger partial charge in [-0.2, -0.15) is 0 Å². The van der Waals surface area contributed by atoms with E-state index in [-0.39, 0.29) is 37.1 Å². The summed E-state index contributed by atoms with van der Waals surface area (Å²) in [7, 11) is 0. The topological polar surface area (TPSA) is 149 Å². The van der Waals surface area contributed by atoms with E-state index >= 15 is 0 Å². The van der Waals surface area contributed by atoms with Gasteiger partial charge < -0.3 is 43.4 Å². The van der Waals surface area contributed by atoms with E-state index in [2.05, 4.69) is 13.8 Å². The predicted octanol–water partition coefficient (Wildman–Crippen LogP) is 0.736. The first kappa shape index (κ1) is 27.0. The fraction of sp³-hybridized carbons (Fsp3) is 0.793. The monoisotopic (exact) mass is 562 g/mol. The van der Waals surface area contributed by atoms with E-state index in [0.717, 1.165) is 6.42 Å². The number of carbonyl (C=O) groups excluding carboxylic acids is 2. The number of hydrogen-bond acceptors (Lipinski definition) is 11. The zero-order chi connectivity index (χ0) is 28.3. The SMILES string of the molecule is C[C@H](O)[C@@H]1C=C/C=C/C(=O)O[C@H]2C[C@@H]3O[C@H]4[C@@H]5O[C@]5(C)CCC4(COC(=O)[C@@H]4OC4(C)[C@@H](O)CO1)C2(C)[C@]31CO1. The molecule has 0 aromatic carbocycles. The van der Waals surface area contributed by atoms with Gasteiger partial charge in [0.2, 0.25) is 0 Å². The summed E-state index contributed by atoms with van der Waals surface area (Å²) >= 11 is 0. The quantitative estimate of drug-likeness (QED) is 0.344. The van der Waals surface area contributed by atoms with Gasteiger partial charge in [0, 0.05) is 17.9 Å². The van der Waals surface area contributed by atoms with Gasteiger partial charge in [0.25, 0.3) is 0 Å². The maximum atomic E-state index is 13.4. The third-order valence-corrected chi connectivity index (χ3v) is 11.1. The number of aliphatic hydroxyl groups excluding tert-OH is 2. The second-order valence-electron chi connectivity index (χ2n) is 13.2. The summed E-state index contributed by atoms with van der Waals surface area (Å²) in [5.41, 5.74) is -3.54. The lowest BCUT2D eigenvalue weighted by molar-refractivity contribution is -0.251. The molecule has 11 heteroatoms. The summed E-state index contributed by atoms with van der Waals surface area (Å²) in [6.45, 7) is 7.67. The highest BCUT2D eigenvalue weighted by Crippen LogP contribution is 2.75. The first-order valence-corrected chi connectivity index (χ1v) is 14.3. The van der Waals surface area contributed by atoms with E-state index in [9.17, 15) is 19.8 Å². The Bertz CT molecular complexity index is 1160. The maximum Gasteiger partial charge on any atom is 0.338 e. The molecule has 11 nitrogen and oxygen atoms in total. The van der Waals surface area contributed by atoms with Gasteiger partial charge in [-0.25, -0.2) is 9.59 Å². The van der Waals surface area contributed by atoms with Gasteiger partial charge in [-0.15, -0.1) is 0 Å². The van der Waals surface area contributed by atoms with Crippen LogP contribution in [0.1, 0.15) is 47.0 Å². The van der Waals surface area contributed by atoms with Crippen molar-refractivity contribution in [3.63, 3.8) is 0 Å². The molecular formula is C29H38O11. The van der Waals surface area contributed by atoms with Crippen molar-refractivity contribution in [1.29, 1.82) is 0 Å². The van der Waals surface area contributed by atoms with Gasteiger partial charge in [-0.3, -0.25) is 0 Å². The predicted molar refractivity (Wildman–Crippen MR) is 135 cm³/mol. The number of epoxide rings is 3. The number of carbonyl (C=O) groups is 2. The normalized spacial score (nSPS) is 56.4. The highest BCUT2D eigenvalue weighted by molar-refractivity contribution is 5.82. The molecule has 6 fully saturated rings. The first-order valence-electron chi connectivity index (χ1n) is 14.3. The minimum Gasteiger partial charge on any atom is -0.463 e. The molecule has 5 aliphatic heterocycles. The Kier molecular flexibility index (Phi) is 5.80. The van der Waals surface area contributed by atoms with Crippen molar-refractivity contribution in [1.82, 2.24) is 0 Å². The van der Waals surface area contributed by atoms with Gasteiger partial charge in [0.05, 0.1) is 42.5 Å². The second kappa shape index (κ2) is 8.59. The van der Waals surface area contributed by atoms with Gasteiger partial charge in [-0.1, -0.05) is 25.2 Å².